The highest BCUT2D eigenvalue weighted by Crippen LogP contribution is 2.27. The summed E-state index contributed by atoms with van der Waals surface area (Å²) >= 11 is 4.87. The number of nitrogens with zero attached hydrogens (tertiary/aromatic N) is 2. The summed E-state index contributed by atoms with van der Waals surface area (Å²) in [4.78, 5) is 4.58. The van der Waals surface area contributed by atoms with Crippen molar-refractivity contribution in [1.29, 1.82) is 5.26 Å². The number of halogens is 1. The van der Waals surface area contributed by atoms with Gasteiger partial charge in [0.1, 0.15) is 22.4 Å². The minimum atomic E-state index is 0.483. The van der Waals surface area contributed by atoms with Crippen molar-refractivity contribution < 1.29 is 4.74 Å². The molecular weight excluding hydrogens is 398 g/mol. The van der Waals surface area contributed by atoms with Crippen molar-refractivity contribution in [2.24, 2.45) is 0 Å². The molecule has 0 radical (unpaired) electrons. The first-order chi connectivity index (χ1) is 12.2. The number of aromatic nitrogens is 1. The Bertz CT molecular complexity index is 942. The van der Waals surface area contributed by atoms with E-state index in [-0.39, 0.29) is 0 Å². The molecule has 0 atom stereocenters. The zero-order valence-electron chi connectivity index (χ0n) is 13.4. The molecule has 2 aromatic carbocycles. The Kier molecular flexibility index (Phi) is 5.49. The van der Waals surface area contributed by atoms with Crippen LogP contribution in [0.15, 0.2) is 64.6 Å². The number of benzene rings is 2. The fraction of sp³-hybridized carbons (Fsp3) is 0.0526. The lowest BCUT2D eigenvalue weighted by atomic mass is 10.2. The SMILES string of the molecule is COc1cccc(N/C=C(/C#N)c2nc(-c3ccc(Br)cc3)cs2)c1. The molecule has 0 bridgehead atoms. The third-order valence-electron chi connectivity index (χ3n) is 3.45. The van der Waals surface area contributed by atoms with E-state index in [1.807, 2.05) is 53.9 Å². The second-order valence-electron chi connectivity index (χ2n) is 5.09. The largest absolute Gasteiger partial charge is 0.497 e. The minimum absolute atomic E-state index is 0.483. The highest BCUT2D eigenvalue weighted by atomic mass is 79.9. The predicted molar refractivity (Wildman–Crippen MR) is 105 cm³/mol. The first kappa shape index (κ1) is 17.2. The van der Waals surface area contributed by atoms with E-state index in [1.54, 1.807) is 13.3 Å². The Morgan fingerprint density at radius 3 is 2.80 bits per heavy atom. The van der Waals surface area contributed by atoms with Gasteiger partial charge in [0.05, 0.1) is 12.8 Å². The molecular formula is C19H14BrN3OS. The Morgan fingerprint density at radius 1 is 1.28 bits per heavy atom. The molecule has 1 aromatic heterocycles. The highest BCUT2D eigenvalue weighted by Gasteiger charge is 2.09. The summed E-state index contributed by atoms with van der Waals surface area (Å²) in [6.45, 7) is 0. The Labute approximate surface area is 158 Å². The molecule has 1 N–H and O–H groups in total. The lowest BCUT2D eigenvalue weighted by Crippen LogP contribution is -1.92. The molecule has 0 aliphatic carbocycles. The summed E-state index contributed by atoms with van der Waals surface area (Å²) in [5.41, 5.74) is 3.20. The van der Waals surface area contributed by atoms with Crippen molar-refractivity contribution in [3.8, 4) is 23.1 Å². The predicted octanol–water partition coefficient (Wildman–Crippen LogP) is 5.56. The van der Waals surface area contributed by atoms with Gasteiger partial charge >= 0.3 is 0 Å². The van der Waals surface area contributed by atoms with E-state index < -0.39 is 0 Å². The van der Waals surface area contributed by atoms with Crippen LogP contribution in [-0.4, -0.2) is 12.1 Å². The van der Waals surface area contributed by atoms with Crippen LogP contribution < -0.4 is 10.1 Å². The standard InChI is InChI=1S/C19H14BrN3OS/c1-24-17-4-2-3-16(9-17)22-11-14(10-21)19-23-18(12-25-19)13-5-7-15(20)8-6-13/h2-9,11-12,22H,1H3/b14-11-. The summed E-state index contributed by atoms with van der Waals surface area (Å²) in [5.74, 6) is 0.753. The second kappa shape index (κ2) is 7.97. The quantitative estimate of drug-likeness (QED) is 0.558. The molecule has 0 saturated carbocycles. The molecule has 3 rings (SSSR count). The topological polar surface area (TPSA) is 57.9 Å². The van der Waals surface area contributed by atoms with Crippen LogP contribution in [0.5, 0.6) is 5.75 Å². The maximum absolute atomic E-state index is 9.45. The van der Waals surface area contributed by atoms with Crippen LogP contribution in [-0.2, 0) is 0 Å². The smallest absolute Gasteiger partial charge is 0.136 e. The Morgan fingerprint density at radius 2 is 2.08 bits per heavy atom. The van der Waals surface area contributed by atoms with Gasteiger partial charge in [-0.2, -0.15) is 5.26 Å². The van der Waals surface area contributed by atoms with E-state index in [0.717, 1.165) is 27.2 Å². The molecule has 0 amide bonds. The highest BCUT2D eigenvalue weighted by molar-refractivity contribution is 9.10. The van der Waals surface area contributed by atoms with Crippen LogP contribution in [0.2, 0.25) is 0 Å². The van der Waals surface area contributed by atoms with Gasteiger partial charge in [-0.3, -0.25) is 0 Å². The molecule has 0 aliphatic rings. The number of anilines is 1. The fourth-order valence-corrected chi connectivity index (χ4v) is 3.22. The number of thiazole rings is 1. The zero-order valence-corrected chi connectivity index (χ0v) is 15.8. The van der Waals surface area contributed by atoms with E-state index in [0.29, 0.717) is 10.6 Å². The first-order valence-electron chi connectivity index (χ1n) is 7.42. The summed E-state index contributed by atoms with van der Waals surface area (Å²) in [6, 6.07) is 17.6. The number of hydrogen-bond donors (Lipinski definition) is 1. The molecule has 0 spiro atoms. The van der Waals surface area contributed by atoms with Gasteiger partial charge in [-0.1, -0.05) is 34.1 Å². The number of ether oxygens (including phenoxy) is 1. The van der Waals surface area contributed by atoms with Gasteiger partial charge in [-0.15, -0.1) is 11.3 Å². The van der Waals surface area contributed by atoms with E-state index in [4.69, 9.17) is 4.74 Å². The average molecular weight is 412 g/mol. The van der Waals surface area contributed by atoms with Crippen molar-refractivity contribution >= 4 is 38.5 Å². The lowest BCUT2D eigenvalue weighted by molar-refractivity contribution is 0.415. The van der Waals surface area contributed by atoms with Crippen molar-refractivity contribution in [2.75, 3.05) is 12.4 Å². The number of rotatable bonds is 5. The molecule has 124 valence electrons. The second-order valence-corrected chi connectivity index (χ2v) is 6.86. The van der Waals surface area contributed by atoms with Crippen LogP contribution >= 0.6 is 27.3 Å². The first-order valence-corrected chi connectivity index (χ1v) is 9.09. The van der Waals surface area contributed by atoms with Gasteiger partial charge in [-0.05, 0) is 24.3 Å². The van der Waals surface area contributed by atoms with Crippen LogP contribution in [0.4, 0.5) is 5.69 Å². The number of hydrogen-bond acceptors (Lipinski definition) is 5. The molecule has 3 aromatic rings. The molecule has 0 aliphatic heterocycles. The van der Waals surface area contributed by atoms with E-state index in [2.05, 4.69) is 32.3 Å². The summed E-state index contributed by atoms with van der Waals surface area (Å²) in [6.07, 6.45) is 1.67. The maximum atomic E-state index is 9.45. The third-order valence-corrected chi connectivity index (χ3v) is 4.85. The number of methoxy groups -OCH3 is 1. The lowest BCUT2D eigenvalue weighted by Gasteiger charge is -2.04. The van der Waals surface area contributed by atoms with Crippen LogP contribution in [0.25, 0.3) is 16.8 Å². The summed E-state index contributed by atoms with van der Waals surface area (Å²) in [5, 5.41) is 15.2. The molecule has 25 heavy (non-hydrogen) atoms. The van der Waals surface area contributed by atoms with Crippen LogP contribution in [0, 0.1) is 11.3 Å². The summed E-state index contributed by atoms with van der Waals surface area (Å²) in [7, 11) is 1.62. The van der Waals surface area contributed by atoms with E-state index in [1.165, 1.54) is 11.3 Å². The molecule has 4 nitrogen and oxygen atoms in total. The fourth-order valence-electron chi connectivity index (χ4n) is 2.16. The van der Waals surface area contributed by atoms with E-state index >= 15 is 0 Å². The van der Waals surface area contributed by atoms with Gasteiger partial charge in [0.2, 0.25) is 0 Å². The molecule has 1 heterocycles. The number of allylic oxidation sites excluding steroid dienone is 1. The molecule has 0 fully saturated rings. The molecule has 0 saturated heterocycles. The third kappa shape index (κ3) is 4.27. The van der Waals surface area contributed by atoms with Gasteiger partial charge in [0, 0.05) is 33.4 Å². The van der Waals surface area contributed by atoms with Crippen molar-refractivity contribution in [2.45, 2.75) is 0 Å². The average Bonchev–Trinajstić information content (AvgIpc) is 3.13. The van der Waals surface area contributed by atoms with Crippen LogP contribution in [0.3, 0.4) is 0 Å². The molecule has 0 unspecified atom stereocenters. The van der Waals surface area contributed by atoms with Gasteiger partial charge in [0.25, 0.3) is 0 Å². The normalized spacial score (nSPS) is 11.0. The van der Waals surface area contributed by atoms with Crippen molar-refractivity contribution in [1.82, 2.24) is 4.98 Å². The Hall–Kier alpha value is -2.62. The van der Waals surface area contributed by atoms with Gasteiger partial charge < -0.3 is 10.1 Å². The monoisotopic (exact) mass is 411 g/mol. The molecule has 6 heteroatoms. The van der Waals surface area contributed by atoms with Crippen LogP contribution in [0.1, 0.15) is 5.01 Å². The van der Waals surface area contributed by atoms with Gasteiger partial charge in [0.15, 0.2) is 0 Å². The summed E-state index contributed by atoms with van der Waals surface area (Å²) < 4.78 is 6.21. The maximum Gasteiger partial charge on any atom is 0.136 e. The zero-order chi connectivity index (χ0) is 17.6. The van der Waals surface area contributed by atoms with Crippen molar-refractivity contribution in [3.05, 3.63) is 69.6 Å². The van der Waals surface area contributed by atoms with Crippen molar-refractivity contribution in [3.63, 3.8) is 0 Å². The number of nitriles is 1. The van der Waals surface area contributed by atoms with E-state index in [9.17, 15) is 5.26 Å². The van der Waals surface area contributed by atoms with Gasteiger partial charge in [-0.25, -0.2) is 4.98 Å². The Balaban J connectivity index is 1.81. The minimum Gasteiger partial charge on any atom is -0.497 e. The number of nitrogens with one attached hydrogen (secondary N) is 1.